The molecule has 0 atom stereocenters. The molecule has 0 aliphatic heterocycles. The smallest absolute Gasteiger partial charge is 0.197 e. The second-order valence-corrected chi connectivity index (χ2v) is 3.06. The van der Waals surface area contributed by atoms with Crippen molar-refractivity contribution in [3.8, 4) is 11.6 Å². The highest BCUT2D eigenvalue weighted by molar-refractivity contribution is 6.17. The van der Waals surface area contributed by atoms with Crippen LogP contribution in [0.15, 0.2) is 12.5 Å². The maximum Gasteiger partial charge on any atom is 0.197 e. The minimum atomic E-state index is 0.371. The van der Waals surface area contributed by atoms with E-state index in [2.05, 4.69) is 25.1 Å². The topological polar surface area (TPSA) is 67.3 Å². The van der Waals surface area contributed by atoms with E-state index in [1.165, 1.54) is 6.33 Å². The van der Waals surface area contributed by atoms with Crippen LogP contribution in [0, 0.1) is 6.92 Å². The molecule has 2 aromatic rings. The van der Waals surface area contributed by atoms with Crippen LogP contribution in [-0.2, 0) is 5.88 Å². The van der Waals surface area contributed by atoms with Crippen molar-refractivity contribution in [1.29, 1.82) is 0 Å². The predicted molar refractivity (Wildman–Crippen MR) is 51.7 cm³/mol. The van der Waals surface area contributed by atoms with Crippen LogP contribution in [0.4, 0.5) is 0 Å². The number of aryl methyl sites for hydroxylation is 1. The lowest BCUT2D eigenvalue weighted by Crippen LogP contribution is -1.97. The van der Waals surface area contributed by atoms with Crippen LogP contribution in [0.2, 0.25) is 0 Å². The number of halogens is 1. The highest BCUT2D eigenvalue weighted by Crippen LogP contribution is 2.12. The number of nitrogens with zero attached hydrogens (tertiary/aromatic N) is 4. The number of aromatic nitrogens is 5. The Labute approximate surface area is 85.6 Å². The largest absolute Gasteiger partial charge is 0.257 e. The molecule has 0 saturated heterocycles. The molecule has 72 valence electrons. The summed E-state index contributed by atoms with van der Waals surface area (Å²) < 4.78 is 0. The molecule has 0 saturated carbocycles. The van der Waals surface area contributed by atoms with E-state index in [4.69, 9.17) is 11.6 Å². The molecular formula is C8H8ClN5. The van der Waals surface area contributed by atoms with Crippen LogP contribution in [0.1, 0.15) is 11.3 Å². The van der Waals surface area contributed by atoms with Crippen LogP contribution in [-0.4, -0.2) is 25.1 Å². The third-order valence-electron chi connectivity index (χ3n) is 1.83. The molecule has 2 rings (SSSR count). The Morgan fingerprint density at radius 1 is 1.43 bits per heavy atom. The number of H-pyrrole nitrogens is 1. The normalized spacial score (nSPS) is 10.4. The Balaban J connectivity index is 2.46. The lowest BCUT2D eigenvalue weighted by Gasteiger charge is -2.01. The molecule has 14 heavy (non-hydrogen) atoms. The van der Waals surface area contributed by atoms with Crippen LogP contribution < -0.4 is 0 Å². The van der Waals surface area contributed by atoms with E-state index >= 15 is 0 Å². The SMILES string of the molecule is Cc1cnc(-c2ncn[nH]2)nc1CCl. The zero-order valence-corrected chi connectivity index (χ0v) is 8.28. The van der Waals surface area contributed by atoms with E-state index in [1.807, 2.05) is 6.92 Å². The molecule has 0 spiro atoms. The monoisotopic (exact) mass is 209 g/mol. The molecule has 1 N–H and O–H groups in total. The molecule has 0 bridgehead atoms. The average molecular weight is 210 g/mol. The van der Waals surface area contributed by atoms with Crippen molar-refractivity contribution in [1.82, 2.24) is 25.1 Å². The molecule has 0 aliphatic carbocycles. The maximum atomic E-state index is 5.73. The molecule has 0 amide bonds. The highest BCUT2D eigenvalue weighted by Gasteiger charge is 2.06. The van der Waals surface area contributed by atoms with Gasteiger partial charge >= 0.3 is 0 Å². The third-order valence-corrected chi connectivity index (χ3v) is 2.08. The van der Waals surface area contributed by atoms with Gasteiger partial charge in [0, 0.05) is 6.20 Å². The van der Waals surface area contributed by atoms with Gasteiger partial charge in [0.2, 0.25) is 0 Å². The van der Waals surface area contributed by atoms with Gasteiger partial charge in [0.25, 0.3) is 0 Å². The Bertz CT molecular complexity index is 425. The standard InChI is InChI=1S/C8H8ClN5/c1-5-3-10-7(13-6(5)2-9)8-11-4-12-14-8/h3-4H,2H2,1H3,(H,11,12,14). The number of aromatic amines is 1. The minimum absolute atomic E-state index is 0.371. The Morgan fingerprint density at radius 2 is 2.29 bits per heavy atom. The fourth-order valence-electron chi connectivity index (χ4n) is 1.04. The molecule has 6 heteroatoms. The fraction of sp³-hybridized carbons (Fsp3) is 0.250. The highest BCUT2D eigenvalue weighted by atomic mass is 35.5. The van der Waals surface area contributed by atoms with Crippen molar-refractivity contribution >= 4 is 11.6 Å². The summed E-state index contributed by atoms with van der Waals surface area (Å²) in [5.41, 5.74) is 1.79. The lowest BCUT2D eigenvalue weighted by atomic mass is 10.3. The van der Waals surface area contributed by atoms with Gasteiger partial charge in [0.05, 0.1) is 11.6 Å². The van der Waals surface area contributed by atoms with Gasteiger partial charge in [-0.3, -0.25) is 5.10 Å². The minimum Gasteiger partial charge on any atom is -0.257 e. The lowest BCUT2D eigenvalue weighted by molar-refractivity contribution is 1.01. The summed E-state index contributed by atoms with van der Waals surface area (Å²) in [7, 11) is 0. The molecule has 0 fully saturated rings. The Morgan fingerprint density at radius 3 is 2.93 bits per heavy atom. The van der Waals surface area contributed by atoms with Gasteiger partial charge in [-0.25, -0.2) is 15.0 Å². The first kappa shape index (κ1) is 9.08. The van der Waals surface area contributed by atoms with Crippen molar-refractivity contribution in [2.24, 2.45) is 0 Å². The molecule has 0 aliphatic rings. The van der Waals surface area contributed by atoms with Crippen molar-refractivity contribution in [3.05, 3.63) is 23.8 Å². The van der Waals surface area contributed by atoms with Crippen LogP contribution in [0.25, 0.3) is 11.6 Å². The number of nitrogens with one attached hydrogen (secondary N) is 1. The molecule has 5 nitrogen and oxygen atoms in total. The number of hydrogen-bond acceptors (Lipinski definition) is 4. The number of hydrogen-bond donors (Lipinski definition) is 1. The van der Waals surface area contributed by atoms with Gasteiger partial charge in [-0.15, -0.1) is 11.6 Å². The zero-order chi connectivity index (χ0) is 9.97. The van der Waals surface area contributed by atoms with Gasteiger partial charge in [-0.1, -0.05) is 0 Å². The average Bonchev–Trinajstić information content (AvgIpc) is 2.71. The van der Waals surface area contributed by atoms with Gasteiger partial charge < -0.3 is 0 Å². The van der Waals surface area contributed by atoms with Crippen LogP contribution in [0.3, 0.4) is 0 Å². The van der Waals surface area contributed by atoms with E-state index in [9.17, 15) is 0 Å². The molecule has 0 aromatic carbocycles. The summed E-state index contributed by atoms with van der Waals surface area (Å²) in [6, 6.07) is 0. The summed E-state index contributed by atoms with van der Waals surface area (Å²) in [5, 5.41) is 6.42. The van der Waals surface area contributed by atoms with E-state index in [0.717, 1.165) is 11.3 Å². The van der Waals surface area contributed by atoms with E-state index < -0.39 is 0 Å². The van der Waals surface area contributed by atoms with E-state index in [1.54, 1.807) is 6.20 Å². The first-order valence-corrected chi connectivity index (χ1v) is 4.59. The first-order valence-electron chi connectivity index (χ1n) is 4.05. The number of alkyl halides is 1. The predicted octanol–water partition coefficient (Wildman–Crippen LogP) is 1.31. The summed E-state index contributed by atoms with van der Waals surface area (Å²) >= 11 is 5.73. The molecule has 2 aromatic heterocycles. The summed E-state index contributed by atoms with van der Waals surface area (Å²) in [4.78, 5) is 12.3. The summed E-state index contributed by atoms with van der Waals surface area (Å²) in [6.07, 6.45) is 3.14. The van der Waals surface area contributed by atoms with E-state index in [-0.39, 0.29) is 0 Å². The molecule has 2 heterocycles. The van der Waals surface area contributed by atoms with Gasteiger partial charge in [-0.2, -0.15) is 5.10 Å². The van der Waals surface area contributed by atoms with Crippen molar-refractivity contribution in [3.63, 3.8) is 0 Å². The number of rotatable bonds is 2. The zero-order valence-electron chi connectivity index (χ0n) is 7.53. The quantitative estimate of drug-likeness (QED) is 0.758. The fourth-order valence-corrected chi connectivity index (χ4v) is 1.31. The molecule has 0 unspecified atom stereocenters. The molecular weight excluding hydrogens is 202 g/mol. The Kier molecular flexibility index (Phi) is 2.41. The van der Waals surface area contributed by atoms with Gasteiger partial charge in [-0.05, 0) is 12.5 Å². The van der Waals surface area contributed by atoms with Gasteiger partial charge in [0.1, 0.15) is 6.33 Å². The first-order chi connectivity index (χ1) is 6.81. The van der Waals surface area contributed by atoms with Crippen LogP contribution in [0.5, 0.6) is 0 Å². The maximum absolute atomic E-state index is 5.73. The van der Waals surface area contributed by atoms with Gasteiger partial charge in [0.15, 0.2) is 11.6 Å². The van der Waals surface area contributed by atoms with E-state index in [0.29, 0.717) is 17.5 Å². The van der Waals surface area contributed by atoms with Crippen molar-refractivity contribution in [2.45, 2.75) is 12.8 Å². The second kappa shape index (κ2) is 3.71. The van der Waals surface area contributed by atoms with Crippen molar-refractivity contribution in [2.75, 3.05) is 0 Å². The van der Waals surface area contributed by atoms with Crippen molar-refractivity contribution < 1.29 is 0 Å². The molecule has 0 radical (unpaired) electrons. The summed E-state index contributed by atoms with van der Waals surface area (Å²) in [6.45, 7) is 1.92. The Hall–Kier alpha value is -1.49. The second-order valence-electron chi connectivity index (χ2n) is 2.79. The third kappa shape index (κ3) is 1.58. The van der Waals surface area contributed by atoms with Crippen LogP contribution >= 0.6 is 11.6 Å². The summed E-state index contributed by atoms with van der Waals surface area (Å²) in [5.74, 6) is 1.44.